The van der Waals surface area contributed by atoms with Gasteiger partial charge in [0.1, 0.15) is 11.3 Å². The molecule has 0 saturated heterocycles. The Morgan fingerprint density at radius 2 is 1.94 bits per heavy atom. The largest absolute Gasteiger partial charge is 0.464 e. The molecule has 7 nitrogen and oxygen atoms in total. The summed E-state index contributed by atoms with van der Waals surface area (Å²) >= 11 is 6.02. The number of aryl methyl sites for hydroxylation is 3. The first-order chi connectivity index (χ1) is 17.3. The van der Waals surface area contributed by atoms with Crippen LogP contribution in [0.3, 0.4) is 0 Å². The highest BCUT2D eigenvalue weighted by atomic mass is 35.5. The second-order valence-electron chi connectivity index (χ2n) is 9.16. The zero-order valence-corrected chi connectivity index (χ0v) is 21.1. The molecule has 36 heavy (non-hydrogen) atoms. The van der Waals surface area contributed by atoms with Crippen LogP contribution in [0.1, 0.15) is 57.0 Å². The molecule has 1 aliphatic carbocycles. The van der Waals surface area contributed by atoms with Crippen LogP contribution in [-0.2, 0) is 17.6 Å². The number of furan rings is 2. The van der Waals surface area contributed by atoms with Crippen molar-refractivity contribution in [1.82, 2.24) is 5.43 Å². The van der Waals surface area contributed by atoms with Crippen LogP contribution in [0.15, 0.2) is 56.6 Å². The molecular formula is C28H26ClN3O4. The molecule has 2 amide bonds. The maximum absolute atomic E-state index is 12.9. The Balaban J connectivity index is 1.34. The quantitative estimate of drug-likeness (QED) is 0.314. The molecule has 2 aromatic carbocycles. The van der Waals surface area contributed by atoms with Crippen molar-refractivity contribution in [3.8, 4) is 0 Å². The Hall–Kier alpha value is -3.84. The van der Waals surface area contributed by atoms with Crippen LogP contribution >= 0.6 is 11.6 Å². The molecule has 4 aromatic rings. The standard InChI is InChI=1S/C28H26ClN3O4/c1-15-10-16(2)25-18(14-35-23(25)11-15)12-24(33)32-31-21-8-5-9-22-26(21)17(3)27(36-22)28(34)30-20-7-4-6-19(29)13-20/h4,6-7,10-11,13-14H,5,8-9,12H2,1-3H3,(H,30,34)(H,32,33)/b31-21+. The van der Waals surface area contributed by atoms with Crippen molar-refractivity contribution < 1.29 is 18.4 Å². The fraction of sp³-hybridized carbons (Fsp3) is 0.250. The van der Waals surface area contributed by atoms with Gasteiger partial charge in [0.05, 0.1) is 18.4 Å². The third-order valence-electron chi connectivity index (χ3n) is 6.37. The summed E-state index contributed by atoms with van der Waals surface area (Å²) in [6.07, 6.45) is 3.98. The lowest BCUT2D eigenvalue weighted by atomic mass is 9.93. The average Bonchev–Trinajstić information content (AvgIpc) is 3.39. The Kier molecular flexibility index (Phi) is 6.41. The lowest BCUT2D eigenvalue weighted by Crippen LogP contribution is -2.23. The van der Waals surface area contributed by atoms with E-state index in [9.17, 15) is 9.59 Å². The summed E-state index contributed by atoms with van der Waals surface area (Å²) in [4.78, 5) is 25.7. The number of anilines is 1. The number of nitrogens with zero attached hydrogens (tertiary/aromatic N) is 1. The predicted molar refractivity (Wildman–Crippen MR) is 140 cm³/mol. The summed E-state index contributed by atoms with van der Waals surface area (Å²) in [6.45, 7) is 5.86. The predicted octanol–water partition coefficient (Wildman–Crippen LogP) is 6.26. The molecule has 0 radical (unpaired) electrons. The fourth-order valence-corrected chi connectivity index (χ4v) is 5.04. The van der Waals surface area contributed by atoms with Crippen molar-refractivity contribution >= 4 is 45.8 Å². The molecule has 0 fully saturated rings. The van der Waals surface area contributed by atoms with Crippen LogP contribution in [0, 0.1) is 20.8 Å². The van der Waals surface area contributed by atoms with Gasteiger partial charge < -0.3 is 14.2 Å². The number of fused-ring (bicyclic) bond motifs is 2. The van der Waals surface area contributed by atoms with Gasteiger partial charge in [-0.1, -0.05) is 23.7 Å². The van der Waals surface area contributed by atoms with Gasteiger partial charge in [0.15, 0.2) is 5.76 Å². The molecule has 0 spiro atoms. The van der Waals surface area contributed by atoms with Gasteiger partial charge in [-0.3, -0.25) is 9.59 Å². The molecular weight excluding hydrogens is 478 g/mol. The van der Waals surface area contributed by atoms with E-state index in [4.69, 9.17) is 20.4 Å². The monoisotopic (exact) mass is 503 g/mol. The first-order valence-corrected chi connectivity index (χ1v) is 12.2. The minimum atomic E-state index is -0.356. The maximum atomic E-state index is 12.9. The van der Waals surface area contributed by atoms with Crippen molar-refractivity contribution in [2.75, 3.05) is 5.32 Å². The Morgan fingerprint density at radius 1 is 1.11 bits per heavy atom. The maximum Gasteiger partial charge on any atom is 0.291 e. The van der Waals surface area contributed by atoms with E-state index in [2.05, 4.69) is 21.9 Å². The second-order valence-corrected chi connectivity index (χ2v) is 9.59. The number of carbonyl (C=O) groups is 2. The van der Waals surface area contributed by atoms with Gasteiger partial charge >= 0.3 is 0 Å². The number of hydrazone groups is 1. The van der Waals surface area contributed by atoms with E-state index in [1.165, 1.54) is 0 Å². The van der Waals surface area contributed by atoms with E-state index in [0.717, 1.165) is 39.6 Å². The topological polar surface area (TPSA) is 96.8 Å². The number of carbonyl (C=O) groups excluding carboxylic acids is 2. The van der Waals surface area contributed by atoms with E-state index in [0.29, 0.717) is 40.6 Å². The molecule has 2 aromatic heterocycles. The van der Waals surface area contributed by atoms with Crippen molar-refractivity contribution in [1.29, 1.82) is 0 Å². The van der Waals surface area contributed by atoms with Gasteiger partial charge in [-0.2, -0.15) is 5.10 Å². The van der Waals surface area contributed by atoms with Crippen LogP contribution in [0.4, 0.5) is 5.69 Å². The lowest BCUT2D eigenvalue weighted by molar-refractivity contribution is -0.120. The van der Waals surface area contributed by atoms with E-state index >= 15 is 0 Å². The summed E-state index contributed by atoms with van der Waals surface area (Å²) in [5.41, 5.74) is 9.25. The minimum Gasteiger partial charge on any atom is -0.464 e. The molecule has 184 valence electrons. The van der Waals surface area contributed by atoms with Crippen LogP contribution in [0.5, 0.6) is 0 Å². The van der Waals surface area contributed by atoms with Gasteiger partial charge in [-0.05, 0) is 69.0 Å². The summed E-state index contributed by atoms with van der Waals surface area (Å²) in [6, 6.07) is 11.0. The number of hydrogen-bond acceptors (Lipinski definition) is 5. The summed E-state index contributed by atoms with van der Waals surface area (Å²) in [7, 11) is 0. The highest BCUT2D eigenvalue weighted by molar-refractivity contribution is 6.31. The highest BCUT2D eigenvalue weighted by Crippen LogP contribution is 2.31. The Morgan fingerprint density at radius 3 is 2.75 bits per heavy atom. The average molecular weight is 504 g/mol. The molecule has 0 aliphatic heterocycles. The van der Waals surface area contributed by atoms with Gasteiger partial charge in [-0.25, -0.2) is 5.43 Å². The van der Waals surface area contributed by atoms with Gasteiger partial charge in [-0.15, -0.1) is 0 Å². The van der Waals surface area contributed by atoms with Crippen LogP contribution in [0.2, 0.25) is 5.02 Å². The van der Waals surface area contributed by atoms with Crippen LogP contribution in [0.25, 0.3) is 11.0 Å². The number of halogens is 1. The third kappa shape index (κ3) is 4.66. The molecule has 1 aliphatic rings. The molecule has 0 unspecified atom stereocenters. The van der Waals surface area contributed by atoms with Crippen molar-refractivity contribution in [2.45, 2.75) is 46.5 Å². The molecule has 8 heteroatoms. The third-order valence-corrected chi connectivity index (χ3v) is 6.61. The van der Waals surface area contributed by atoms with E-state index in [-0.39, 0.29) is 24.0 Å². The SMILES string of the molecule is Cc1cc(C)c2c(CC(=O)N/N=C3\CCCc4oc(C(=O)Nc5cccc(Cl)c5)c(C)c43)coc2c1. The van der Waals surface area contributed by atoms with Crippen molar-refractivity contribution in [3.05, 3.63) is 87.0 Å². The van der Waals surface area contributed by atoms with E-state index < -0.39 is 0 Å². The number of nitrogens with one attached hydrogen (secondary N) is 2. The fourth-order valence-electron chi connectivity index (χ4n) is 4.85. The second kappa shape index (κ2) is 9.66. The van der Waals surface area contributed by atoms with Crippen LogP contribution in [-0.4, -0.2) is 17.5 Å². The number of rotatable bonds is 5. The zero-order chi connectivity index (χ0) is 25.4. The lowest BCUT2D eigenvalue weighted by Gasteiger charge is -2.13. The molecule has 2 heterocycles. The number of benzene rings is 2. The van der Waals surface area contributed by atoms with Crippen molar-refractivity contribution in [2.24, 2.45) is 5.10 Å². The van der Waals surface area contributed by atoms with E-state index in [1.54, 1.807) is 30.5 Å². The van der Waals surface area contributed by atoms with Crippen LogP contribution < -0.4 is 10.7 Å². The first kappa shape index (κ1) is 23.9. The minimum absolute atomic E-state index is 0.151. The molecule has 0 bridgehead atoms. The molecule has 0 saturated carbocycles. The highest BCUT2D eigenvalue weighted by Gasteiger charge is 2.28. The first-order valence-electron chi connectivity index (χ1n) is 11.8. The Labute approximate surface area is 213 Å². The summed E-state index contributed by atoms with van der Waals surface area (Å²) in [5, 5.41) is 8.75. The normalized spacial score (nSPS) is 14.2. The smallest absolute Gasteiger partial charge is 0.291 e. The zero-order valence-electron chi connectivity index (χ0n) is 20.3. The number of hydrogen-bond donors (Lipinski definition) is 2. The van der Waals surface area contributed by atoms with Crippen molar-refractivity contribution in [3.63, 3.8) is 0 Å². The van der Waals surface area contributed by atoms with Gasteiger partial charge in [0, 0.05) is 39.2 Å². The molecule has 5 rings (SSSR count). The summed E-state index contributed by atoms with van der Waals surface area (Å²) < 4.78 is 11.6. The van der Waals surface area contributed by atoms with Gasteiger partial charge in [0.2, 0.25) is 5.91 Å². The number of amides is 2. The summed E-state index contributed by atoms with van der Waals surface area (Å²) in [5.74, 6) is 0.341. The van der Waals surface area contributed by atoms with E-state index in [1.807, 2.05) is 26.8 Å². The molecule has 0 atom stereocenters. The Bertz CT molecular complexity index is 1530. The van der Waals surface area contributed by atoms with Gasteiger partial charge in [0.25, 0.3) is 5.91 Å². The molecule has 2 N–H and O–H groups in total.